The van der Waals surface area contributed by atoms with Crippen LogP contribution in [0.25, 0.3) is 0 Å². The van der Waals surface area contributed by atoms with Crippen LogP contribution in [0.2, 0.25) is 5.02 Å². The summed E-state index contributed by atoms with van der Waals surface area (Å²) in [5.41, 5.74) is 7.11. The maximum Gasteiger partial charge on any atom is 0.227 e. The maximum atomic E-state index is 12.6. The number of carbonyl (C=O) groups excluding carboxylic acids is 2. The third-order valence-electron chi connectivity index (χ3n) is 3.47. The lowest BCUT2D eigenvalue weighted by molar-refractivity contribution is -0.131. The van der Waals surface area contributed by atoms with E-state index in [4.69, 9.17) is 17.3 Å². The largest absolute Gasteiger partial charge is 0.370 e. The molecule has 0 aromatic heterocycles. The molecule has 23 heavy (non-hydrogen) atoms. The summed E-state index contributed by atoms with van der Waals surface area (Å²) in [6, 6.07) is 16.8. The summed E-state index contributed by atoms with van der Waals surface area (Å²) < 4.78 is 0. The Morgan fingerprint density at radius 2 is 1.61 bits per heavy atom. The van der Waals surface area contributed by atoms with E-state index in [1.54, 1.807) is 17.0 Å². The van der Waals surface area contributed by atoms with Gasteiger partial charge >= 0.3 is 0 Å². The van der Waals surface area contributed by atoms with Gasteiger partial charge in [0.2, 0.25) is 11.8 Å². The van der Waals surface area contributed by atoms with E-state index >= 15 is 0 Å². The molecule has 0 saturated carbocycles. The van der Waals surface area contributed by atoms with E-state index in [1.165, 1.54) is 0 Å². The van der Waals surface area contributed by atoms with Crippen molar-refractivity contribution in [2.45, 2.75) is 19.4 Å². The second kappa shape index (κ2) is 8.34. The molecule has 0 heterocycles. The van der Waals surface area contributed by atoms with Gasteiger partial charge in [-0.2, -0.15) is 0 Å². The van der Waals surface area contributed by atoms with Crippen molar-refractivity contribution < 1.29 is 9.59 Å². The lowest BCUT2D eigenvalue weighted by Crippen LogP contribution is -2.34. The molecule has 2 aromatic rings. The molecule has 2 rings (SSSR count). The van der Waals surface area contributed by atoms with Crippen LogP contribution in [-0.2, 0) is 22.6 Å². The molecule has 0 aliphatic carbocycles. The maximum absolute atomic E-state index is 12.6. The van der Waals surface area contributed by atoms with Crippen LogP contribution >= 0.6 is 11.6 Å². The van der Waals surface area contributed by atoms with Gasteiger partial charge in [0, 0.05) is 24.5 Å². The predicted molar refractivity (Wildman–Crippen MR) is 90.8 cm³/mol. The topological polar surface area (TPSA) is 63.4 Å². The molecular weight excluding hydrogens is 312 g/mol. The summed E-state index contributed by atoms with van der Waals surface area (Å²) in [4.78, 5) is 25.3. The quantitative estimate of drug-likeness (QED) is 0.848. The first-order chi connectivity index (χ1) is 11.0. The fourth-order valence-corrected chi connectivity index (χ4v) is 2.36. The smallest absolute Gasteiger partial charge is 0.227 e. The zero-order valence-electron chi connectivity index (χ0n) is 12.7. The van der Waals surface area contributed by atoms with Gasteiger partial charge in [-0.3, -0.25) is 9.59 Å². The molecule has 2 aromatic carbocycles. The molecule has 0 spiro atoms. The Labute approximate surface area is 140 Å². The highest BCUT2D eigenvalue weighted by Crippen LogP contribution is 2.12. The number of halogens is 1. The van der Waals surface area contributed by atoms with Crippen LogP contribution in [0.4, 0.5) is 0 Å². The van der Waals surface area contributed by atoms with Crippen LogP contribution in [0.5, 0.6) is 0 Å². The SMILES string of the molecule is NC(=O)CCN(Cc1ccccc1)C(=O)Cc1ccc(Cl)cc1. The van der Waals surface area contributed by atoms with Crippen LogP contribution in [0.15, 0.2) is 54.6 Å². The molecular formula is C18H19ClN2O2. The first kappa shape index (κ1) is 17.0. The van der Waals surface area contributed by atoms with Gasteiger partial charge in [0.1, 0.15) is 0 Å². The summed E-state index contributed by atoms with van der Waals surface area (Å²) in [7, 11) is 0. The second-order valence-corrected chi connectivity index (χ2v) is 5.76. The average Bonchev–Trinajstić information content (AvgIpc) is 2.54. The molecule has 2 amide bonds. The highest BCUT2D eigenvalue weighted by Gasteiger charge is 2.15. The lowest BCUT2D eigenvalue weighted by atomic mass is 10.1. The number of benzene rings is 2. The minimum absolute atomic E-state index is 0.0441. The van der Waals surface area contributed by atoms with Gasteiger partial charge in [-0.15, -0.1) is 0 Å². The van der Waals surface area contributed by atoms with Crippen molar-refractivity contribution in [3.63, 3.8) is 0 Å². The summed E-state index contributed by atoms with van der Waals surface area (Å²) >= 11 is 5.86. The number of primary amides is 1. The van der Waals surface area contributed by atoms with Gasteiger partial charge in [0.25, 0.3) is 0 Å². The van der Waals surface area contributed by atoms with E-state index in [9.17, 15) is 9.59 Å². The third kappa shape index (κ3) is 5.75. The first-order valence-corrected chi connectivity index (χ1v) is 7.77. The molecule has 0 unspecified atom stereocenters. The average molecular weight is 331 g/mol. The van der Waals surface area contributed by atoms with Crippen LogP contribution in [0, 0.1) is 0 Å². The Bertz CT molecular complexity index is 656. The van der Waals surface area contributed by atoms with Crippen molar-refractivity contribution in [1.29, 1.82) is 0 Å². The Morgan fingerprint density at radius 1 is 0.957 bits per heavy atom. The van der Waals surface area contributed by atoms with Gasteiger partial charge in [-0.25, -0.2) is 0 Å². The fourth-order valence-electron chi connectivity index (χ4n) is 2.23. The molecule has 5 heteroatoms. The number of nitrogens with two attached hydrogens (primary N) is 1. The first-order valence-electron chi connectivity index (χ1n) is 7.39. The molecule has 2 N–H and O–H groups in total. The molecule has 0 atom stereocenters. The number of rotatable bonds is 7. The van der Waals surface area contributed by atoms with Crippen LogP contribution in [-0.4, -0.2) is 23.3 Å². The molecule has 120 valence electrons. The lowest BCUT2D eigenvalue weighted by Gasteiger charge is -2.22. The molecule has 0 bridgehead atoms. The van der Waals surface area contributed by atoms with E-state index in [0.29, 0.717) is 18.1 Å². The number of carbonyl (C=O) groups is 2. The predicted octanol–water partition coefficient (Wildman–Crippen LogP) is 2.79. The van der Waals surface area contributed by atoms with E-state index in [-0.39, 0.29) is 18.7 Å². The van der Waals surface area contributed by atoms with Crippen molar-refractivity contribution in [2.24, 2.45) is 5.73 Å². The Kier molecular flexibility index (Phi) is 6.18. The van der Waals surface area contributed by atoms with Gasteiger partial charge in [0.15, 0.2) is 0 Å². The van der Waals surface area contributed by atoms with Crippen LogP contribution < -0.4 is 5.73 Å². The zero-order valence-corrected chi connectivity index (χ0v) is 13.5. The molecule has 0 aliphatic rings. The number of nitrogens with zero attached hydrogens (tertiary/aromatic N) is 1. The van der Waals surface area contributed by atoms with Gasteiger partial charge in [-0.1, -0.05) is 54.1 Å². The van der Waals surface area contributed by atoms with Crippen molar-refractivity contribution >= 4 is 23.4 Å². The number of hydrogen-bond acceptors (Lipinski definition) is 2. The van der Waals surface area contributed by atoms with Crippen molar-refractivity contribution in [3.8, 4) is 0 Å². The zero-order chi connectivity index (χ0) is 16.7. The van der Waals surface area contributed by atoms with Gasteiger partial charge in [0.05, 0.1) is 6.42 Å². The van der Waals surface area contributed by atoms with Gasteiger partial charge < -0.3 is 10.6 Å². The number of hydrogen-bond donors (Lipinski definition) is 1. The summed E-state index contributed by atoms with van der Waals surface area (Å²) in [5, 5.41) is 0.635. The molecule has 0 saturated heterocycles. The molecule has 0 fully saturated rings. The minimum Gasteiger partial charge on any atom is -0.370 e. The van der Waals surface area contributed by atoms with Crippen molar-refractivity contribution in [2.75, 3.05) is 6.54 Å². The summed E-state index contributed by atoms with van der Waals surface area (Å²) in [6.45, 7) is 0.775. The highest BCUT2D eigenvalue weighted by atomic mass is 35.5. The standard InChI is InChI=1S/C18H19ClN2O2/c19-16-8-6-14(7-9-16)12-18(23)21(11-10-17(20)22)13-15-4-2-1-3-5-15/h1-9H,10-13H2,(H2,20,22). The number of amides is 2. The molecule has 0 radical (unpaired) electrons. The van der Waals surface area contributed by atoms with E-state index < -0.39 is 5.91 Å². The van der Waals surface area contributed by atoms with E-state index in [2.05, 4.69) is 0 Å². The van der Waals surface area contributed by atoms with Crippen molar-refractivity contribution in [1.82, 2.24) is 4.90 Å². The van der Waals surface area contributed by atoms with Gasteiger partial charge in [-0.05, 0) is 23.3 Å². The monoisotopic (exact) mass is 330 g/mol. The Morgan fingerprint density at radius 3 is 2.22 bits per heavy atom. The van der Waals surface area contributed by atoms with E-state index in [1.807, 2.05) is 42.5 Å². The molecule has 4 nitrogen and oxygen atoms in total. The fraction of sp³-hybridized carbons (Fsp3) is 0.222. The highest BCUT2D eigenvalue weighted by molar-refractivity contribution is 6.30. The summed E-state index contributed by atoms with van der Waals surface area (Å²) in [6.07, 6.45) is 0.419. The van der Waals surface area contributed by atoms with E-state index in [0.717, 1.165) is 11.1 Å². The Balaban J connectivity index is 2.06. The Hall–Kier alpha value is -2.33. The minimum atomic E-state index is -0.414. The summed E-state index contributed by atoms with van der Waals surface area (Å²) in [5.74, 6) is -0.459. The second-order valence-electron chi connectivity index (χ2n) is 5.32. The van der Waals surface area contributed by atoms with Crippen molar-refractivity contribution in [3.05, 3.63) is 70.7 Å². The van der Waals surface area contributed by atoms with Crippen LogP contribution in [0.1, 0.15) is 17.5 Å². The molecule has 0 aliphatic heterocycles. The van der Waals surface area contributed by atoms with Crippen LogP contribution in [0.3, 0.4) is 0 Å². The third-order valence-corrected chi connectivity index (χ3v) is 3.72. The normalized spacial score (nSPS) is 10.3.